The predicted octanol–water partition coefficient (Wildman–Crippen LogP) is 4.99. The molecule has 0 heterocycles. The van der Waals surface area contributed by atoms with Crippen LogP contribution in [0.5, 0.6) is 0 Å². The summed E-state index contributed by atoms with van der Waals surface area (Å²) >= 11 is 3.48. The SMILES string of the molecule is CCCNC(c1cccc(C)c1)c1ccc(F)cc1Br. The van der Waals surface area contributed by atoms with Crippen molar-refractivity contribution in [2.24, 2.45) is 0 Å². The molecule has 2 rings (SSSR count). The predicted molar refractivity (Wildman–Crippen MR) is 85.4 cm³/mol. The zero-order valence-corrected chi connectivity index (χ0v) is 13.4. The van der Waals surface area contributed by atoms with Gasteiger partial charge in [0.25, 0.3) is 0 Å². The van der Waals surface area contributed by atoms with Crippen molar-refractivity contribution in [3.8, 4) is 0 Å². The van der Waals surface area contributed by atoms with Crippen molar-refractivity contribution in [2.75, 3.05) is 6.54 Å². The molecule has 2 aromatic carbocycles. The molecule has 2 aromatic rings. The Kier molecular flexibility index (Phi) is 5.32. The van der Waals surface area contributed by atoms with Crippen molar-refractivity contribution in [1.82, 2.24) is 5.32 Å². The zero-order chi connectivity index (χ0) is 14.5. The number of benzene rings is 2. The summed E-state index contributed by atoms with van der Waals surface area (Å²) in [7, 11) is 0. The van der Waals surface area contributed by atoms with Crippen LogP contribution in [0.2, 0.25) is 0 Å². The van der Waals surface area contributed by atoms with Crippen LogP contribution in [-0.2, 0) is 0 Å². The Morgan fingerprint density at radius 2 is 2.00 bits per heavy atom. The first-order valence-corrected chi connectivity index (χ1v) is 7.66. The average molecular weight is 336 g/mol. The lowest BCUT2D eigenvalue weighted by atomic mass is 9.97. The average Bonchev–Trinajstić information content (AvgIpc) is 2.41. The van der Waals surface area contributed by atoms with Gasteiger partial charge in [0.1, 0.15) is 5.82 Å². The van der Waals surface area contributed by atoms with E-state index in [-0.39, 0.29) is 11.9 Å². The number of aryl methyl sites for hydroxylation is 1. The summed E-state index contributed by atoms with van der Waals surface area (Å²) in [6.45, 7) is 5.14. The van der Waals surface area contributed by atoms with Crippen molar-refractivity contribution in [3.05, 3.63) is 69.4 Å². The molecule has 0 spiro atoms. The zero-order valence-electron chi connectivity index (χ0n) is 11.8. The Morgan fingerprint density at radius 1 is 1.20 bits per heavy atom. The lowest BCUT2D eigenvalue weighted by molar-refractivity contribution is 0.590. The molecule has 0 saturated heterocycles. The van der Waals surface area contributed by atoms with Gasteiger partial charge in [-0.05, 0) is 43.1 Å². The first kappa shape index (κ1) is 15.2. The second-order valence-corrected chi connectivity index (χ2v) is 5.82. The third-order valence-corrected chi connectivity index (χ3v) is 3.93. The van der Waals surface area contributed by atoms with E-state index in [4.69, 9.17) is 0 Å². The smallest absolute Gasteiger partial charge is 0.124 e. The summed E-state index contributed by atoms with van der Waals surface area (Å²) in [6, 6.07) is 13.4. The molecular formula is C17H19BrFN. The Morgan fingerprint density at radius 3 is 2.65 bits per heavy atom. The second-order valence-electron chi connectivity index (χ2n) is 4.97. The summed E-state index contributed by atoms with van der Waals surface area (Å²) < 4.78 is 14.1. The molecule has 0 saturated carbocycles. The fourth-order valence-electron chi connectivity index (χ4n) is 2.28. The van der Waals surface area contributed by atoms with Crippen LogP contribution in [0.4, 0.5) is 4.39 Å². The molecule has 0 amide bonds. The molecule has 1 unspecified atom stereocenters. The monoisotopic (exact) mass is 335 g/mol. The van der Waals surface area contributed by atoms with E-state index in [0.29, 0.717) is 0 Å². The van der Waals surface area contributed by atoms with Crippen LogP contribution in [0.3, 0.4) is 0 Å². The van der Waals surface area contributed by atoms with Gasteiger partial charge in [-0.15, -0.1) is 0 Å². The van der Waals surface area contributed by atoms with Gasteiger partial charge < -0.3 is 5.32 Å². The van der Waals surface area contributed by atoms with Gasteiger partial charge in [-0.2, -0.15) is 0 Å². The fraction of sp³-hybridized carbons (Fsp3) is 0.294. The summed E-state index contributed by atoms with van der Waals surface area (Å²) in [5.74, 6) is -0.223. The number of nitrogens with one attached hydrogen (secondary N) is 1. The van der Waals surface area contributed by atoms with Gasteiger partial charge in [0.15, 0.2) is 0 Å². The van der Waals surface area contributed by atoms with Crippen molar-refractivity contribution >= 4 is 15.9 Å². The van der Waals surface area contributed by atoms with Gasteiger partial charge in [-0.25, -0.2) is 4.39 Å². The second kappa shape index (κ2) is 7.00. The highest BCUT2D eigenvalue weighted by Crippen LogP contribution is 2.29. The van der Waals surface area contributed by atoms with Crippen molar-refractivity contribution in [2.45, 2.75) is 26.3 Å². The minimum Gasteiger partial charge on any atom is -0.306 e. The molecule has 1 nitrogen and oxygen atoms in total. The normalized spacial score (nSPS) is 12.4. The van der Waals surface area contributed by atoms with Gasteiger partial charge in [0.2, 0.25) is 0 Å². The van der Waals surface area contributed by atoms with Crippen LogP contribution in [0.1, 0.15) is 36.1 Å². The van der Waals surface area contributed by atoms with Crippen LogP contribution in [0.25, 0.3) is 0 Å². The fourth-order valence-corrected chi connectivity index (χ4v) is 2.86. The Labute approximate surface area is 128 Å². The first-order valence-electron chi connectivity index (χ1n) is 6.86. The third-order valence-electron chi connectivity index (χ3n) is 3.25. The number of rotatable bonds is 5. The van der Waals surface area contributed by atoms with Crippen LogP contribution >= 0.6 is 15.9 Å². The van der Waals surface area contributed by atoms with Gasteiger partial charge in [-0.1, -0.05) is 58.7 Å². The van der Waals surface area contributed by atoms with Crippen LogP contribution in [0.15, 0.2) is 46.9 Å². The van der Waals surface area contributed by atoms with Crippen LogP contribution in [0, 0.1) is 12.7 Å². The molecule has 0 aromatic heterocycles. The molecule has 1 N–H and O–H groups in total. The molecule has 0 aliphatic heterocycles. The highest BCUT2D eigenvalue weighted by Gasteiger charge is 2.16. The van der Waals surface area contributed by atoms with Gasteiger partial charge in [-0.3, -0.25) is 0 Å². The molecule has 1 atom stereocenters. The van der Waals surface area contributed by atoms with E-state index < -0.39 is 0 Å². The summed E-state index contributed by atoms with van der Waals surface area (Å²) in [5.41, 5.74) is 3.49. The molecule has 0 aliphatic rings. The van der Waals surface area contributed by atoms with E-state index in [0.717, 1.165) is 23.0 Å². The van der Waals surface area contributed by atoms with Gasteiger partial charge in [0.05, 0.1) is 6.04 Å². The maximum atomic E-state index is 13.3. The minimum atomic E-state index is -0.223. The van der Waals surface area contributed by atoms with E-state index in [9.17, 15) is 4.39 Å². The summed E-state index contributed by atoms with van der Waals surface area (Å²) in [6.07, 6.45) is 1.06. The Hall–Kier alpha value is -1.19. The Bertz CT molecular complexity index is 583. The first-order chi connectivity index (χ1) is 9.61. The molecule has 0 aliphatic carbocycles. The van der Waals surface area contributed by atoms with E-state index in [1.54, 1.807) is 0 Å². The Balaban J connectivity index is 2.41. The van der Waals surface area contributed by atoms with E-state index in [1.807, 2.05) is 6.07 Å². The largest absolute Gasteiger partial charge is 0.306 e. The molecule has 20 heavy (non-hydrogen) atoms. The maximum Gasteiger partial charge on any atom is 0.124 e. The summed E-state index contributed by atoms with van der Waals surface area (Å²) in [4.78, 5) is 0. The lowest BCUT2D eigenvalue weighted by Gasteiger charge is -2.21. The molecule has 0 radical (unpaired) electrons. The molecular weight excluding hydrogens is 317 g/mol. The third kappa shape index (κ3) is 3.68. The van der Waals surface area contributed by atoms with Gasteiger partial charge >= 0.3 is 0 Å². The van der Waals surface area contributed by atoms with Crippen LogP contribution in [-0.4, -0.2) is 6.54 Å². The molecule has 3 heteroatoms. The standard InChI is InChI=1S/C17H19BrFN/c1-3-9-20-17(13-6-4-5-12(2)10-13)15-8-7-14(19)11-16(15)18/h4-8,10-11,17,20H,3,9H2,1-2H3. The highest BCUT2D eigenvalue weighted by molar-refractivity contribution is 9.10. The lowest BCUT2D eigenvalue weighted by Crippen LogP contribution is -2.23. The number of halogens is 2. The maximum absolute atomic E-state index is 13.3. The molecule has 0 fully saturated rings. The van der Waals surface area contributed by atoms with Crippen molar-refractivity contribution in [3.63, 3.8) is 0 Å². The van der Waals surface area contributed by atoms with E-state index >= 15 is 0 Å². The number of hydrogen-bond donors (Lipinski definition) is 1. The van der Waals surface area contributed by atoms with E-state index in [1.165, 1.54) is 23.3 Å². The molecule has 0 bridgehead atoms. The molecule has 106 valence electrons. The summed E-state index contributed by atoms with van der Waals surface area (Å²) in [5, 5.41) is 3.54. The number of hydrogen-bond acceptors (Lipinski definition) is 1. The van der Waals surface area contributed by atoms with Crippen molar-refractivity contribution < 1.29 is 4.39 Å². The van der Waals surface area contributed by atoms with Crippen molar-refractivity contribution in [1.29, 1.82) is 0 Å². The van der Waals surface area contributed by atoms with E-state index in [2.05, 4.69) is 59.4 Å². The highest BCUT2D eigenvalue weighted by atomic mass is 79.9. The van der Waals surface area contributed by atoms with Crippen LogP contribution < -0.4 is 5.32 Å². The minimum absolute atomic E-state index is 0.0739. The van der Waals surface area contributed by atoms with Gasteiger partial charge in [0, 0.05) is 4.47 Å². The topological polar surface area (TPSA) is 12.0 Å². The quantitative estimate of drug-likeness (QED) is 0.811.